The second-order valence-corrected chi connectivity index (χ2v) is 1.48. The van der Waals surface area contributed by atoms with Gasteiger partial charge >= 0.3 is 35.5 Å². The van der Waals surface area contributed by atoms with Crippen molar-refractivity contribution in [3.8, 4) is 6.07 Å². The van der Waals surface area contributed by atoms with Crippen LogP contribution in [0.3, 0.4) is 0 Å². The first kappa shape index (κ1) is 13.2. The molecule has 0 spiro atoms. The van der Waals surface area contributed by atoms with Crippen molar-refractivity contribution in [3.05, 3.63) is 0 Å². The molecule has 11 heavy (non-hydrogen) atoms. The van der Waals surface area contributed by atoms with Crippen molar-refractivity contribution in [2.24, 2.45) is 0 Å². The topological polar surface area (TPSA) is 67.2 Å². The molecule has 0 rings (SSSR count). The van der Waals surface area contributed by atoms with Gasteiger partial charge in [0, 0.05) is 0 Å². The molecule has 0 unspecified atom stereocenters. The summed E-state index contributed by atoms with van der Waals surface area (Å²) in [5, 5.41) is 7.98. The summed E-state index contributed by atoms with van der Waals surface area (Å²) in [7, 11) is 0. The Morgan fingerprint density at radius 3 is 2.45 bits per heavy atom. The minimum atomic E-state index is -0.927. The molecule has 0 aliphatic carbocycles. The molecule has 0 aromatic rings. The van der Waals surface area contributed by atoms with E-state index < -0.39 is 18.2 Å². The molecular weight excluding hydrogens is 157 g/mol. The van der Waals surface area contributed by atoms with Gasteiger partial charge < -0.3 is 4.74 Å². The first-order valence-electron chi connectivity index (χ1n) is 2.79. The van der Waals surface area contributed by atoms with Crippen LogP contribution < -0.4 is 0 Å². The van der Waals surface area contributed by atoms with Gasteiger partial charge in [-0.15, -0.1) is 0 Å². The molecule has 0 saturated carbocycles. The number of ether oxygens (including phenoxy) is 1. The maximum absolute atomic E-state index is 10.4. The van der Waals surface area contributed by atoms with E-state index in [-0.39, 0.29) is 36.2 Å². The number of nitrogens with zero attached hydrogens (tertiary/aromatic N) is 1. The van der Waals surface area contributed by atoms with Gasteiger partial charge in [0.15, 0.2) is 0 Å². The quantitative estimate of drug-likeness (QED) is 0.317. The Labute approximate surface area is 86.8 Å². The van der Waals surface area contributed by atoms with Crippen LogP contribution >= 0.6 is 0 Å². The number of nitriles is 1. The van der Waals surface area contributed by atoms with E-state index in [0.29, 0.717) is 0 Å². The summed E-state index contributed by atoms with van der Waals surface area (Å²) in [5.41, 5.74) is 0. The zero-order valence-corrected chi connectivity index (χ0v) is 5.59. The molecular formula is C6H8NNaO3. The Bertz CT molecular complexity index is 185. The molecule has 4 nitrogen and oxygen atoms in total. The first-order chi connectivity index (χ1) is 4.72. The third kappa shape index (κ3) is 6.05. The molecule has 56 valence electrons. The summed E-state index contributed by atoms with van der Waals surface area (Å²) < 4.78 is 4.32. The van der Waals surface area contributed by atoms with Gasteiger partial charge in [0.25, 0.3) is 5.78 Å². The van der Waals surface area contributed by atoms with Crippen molar-refractivity contribution in [1.82, 2.24) is 0 Å². The number of Topliss-reactive ketones (excluding diaryl/α,β-unsaturated/α-hetero) is 1. The van der Waals surface area contributed by atoms with E-state index in [9.17, 15) is 9.59 Å². The summed E-state index contributed by atoms with van der Waals surface area (Å²) in [6, 6.07) is 1.56. The van der Waals surface area contributed by atoms with E-state index in [1.165, 1.54) is 0 Å². The van der Waals surface area contributed by atoms with Crippen LogP contribution in [0.5, 0.6) is 0 Å². The van der Waals surface area contributed by atoms with Gasteiger partial charge in [-0.05, 0) is 6.92 Å². The van der Waals surface area contributed by atoms with E-state index in [1.807, 2.05) is 0 Å². The Balaban J connectivity index is 0. The Morgan fingerprint density at radius 2 is 2.09 bits per heavy atom. The molecule has 0 bridgehead atoms. The number of rotatable bonds is 3. The average Bonchev–Trinajstić information content (AvgIpc) is 1.89. The summed E-state index contributed by atoms with van der Waals surface area (Å²) in [4.78, 5) is 20.8. The third-order valence-corrected chi connectivity index (χ3v) is 0.743. The Kier molecular flexibility index (Phi) is 9.31. The maximum atomic E-state index is 10.4. The van der Waals surface area contributed by atoms with Crippen molar-refractivity contribution in [1.29, 1.82) is 5.26 Å². The summed E-state index contributed by atoms with van der Waals surface area (Å²) in [6.45, 7) is 1.76. The predicted octanol–water partition coefficient (Wildman–Crippen LogP) is -0.616. The third-order valence-electron chi connectivity index (χ3n) is 0.743. The Hall–Kier alpha value is -0.370. The van der Waals surface area contributed by atoms with Crippen LogP contribution in [-0.2, 0) is 14.3 Å². The molecule has 5 heteroatoms. The zero-order chi connectivity index (χ0) is 7.98. The van der Waals surface area contributed by atoms with Crippen LogP contribution in [0.1, 0.15) is 13.3 Å². The van der Waals surface area contributed by atoms with E-state index in [0.717, 1.165) is 0 Å². The first-order valence-corrected chi connectivity index (χ1v) is 2.79. The summed E-state index contributed by atoms with van der Waals surface area (Å²) in [5.74, 6) is -1.71. The van der Waals surface area contributed by atoms with Gasteiger partial charge in [-0.25, -0.2) is 4.79 Å². The zero-order valence-electron chi connectivity index (χ0n) is 5.59. The molecule has 0 saturated heterocycles. The van der Waals surface area contributed by atoms with Gasteiger partial charge in [-0.3, -0.25) is 4.79 Å². The Morgan fingerprint density at radius 1 is 1.55 bits per heavy atom. The number of hydrogen-bond donors (Lipinski definition) is 0. The number of esters is 1. The molecule has 0 N–H and O–H groups in total. The van der Waals surface area contributed by atoms with Crippen LogP contribution in [0.2, 0.25) is 0 Å². The van der Waals surface area contributed by atoms with Crippen LogP contribution in [0.25, 0.3) is 0 Å². The number of carbonyl (C=O) groups is 2. The fourth-order valence-electron chi connectivity index (χ4n) is 0.356. The van der Waals surface area contributed by atoms with Crippen LogP contribution in [-0.4, -0.2) is 47.9 Å². The second-order valence-electron chi connectivity index (χ2n) is 1.48. The molecule has 0 aliphatic heterocycles. The predicted molar refractivity (Wildman–Crippen MR) is 39.0 cm³/mol. The molecule has 0 amide bonds. The van der Waals surface area contributed by atoms with E-state index in [1.54, 1.807) is 13.0 Å². The summed E-state index contributed by atoms with van der Waals surface area (Å²) in [6.07, 6.45) is -0.404. The second kappa shape index (κ2) is 7.73. The number of hydrogen-bond acceptors (Lipinski definition) is 4. The molecule has 0 radical (unpaired) electrons. The van der Waals surface area contributed by atoms with E-state index in [2.05, 4.69) is 4.74 Å². The molecule has 0 aliphatic rings. The summed E-state index contributed by atoms with van der Waals surface area (Å²) >= 11 is 0. The van der Waals surface area contributed by atoms with Crippen LogP contribution in [0.4, 0.5) is 0 Å². The van der Waals surface area contributed by atoms with Crippen LogP contribution in [0.15, 0.2) is 0 Å². The van der Waals surface area contributed by atoms with E-state index in [4.69, 9.17) is 5.26 Å². The number of ketones is 1. The monoisotopic (exact) mass is 165 g/mol. The van der Waals surface area contributed by atoms with Gasteiger partial charge in [0.2, 0.25) is 0 Å². The number of carbonyl (C=O) groups excluding carboxylic acids is 2. The minimum absolute atomic E-state index is 0. The molecule has 0 aromatic heterocycles. The van der Waals surface area contributed by atoms with Crippen molar-refractivity contribution < 1.29 is 14.3 Å². The SMILES string of the molecule is CCOC(=O)C(=O)CC#N.[NaH]. The molecule has 0 fully saturated rings. The fraction of sp³-hybridized carbons (Fsp3) is 0.500. The normalized spacial score (nSPS) is 7.27. The average molecular weight is 165 g/mol. The molecule has 0 heterocycles. The molecule has 0 atom stereocenters. The van der Waals surface area contributed by atoms with Crippen molar-refractivity contribution in [3.63, 3.8) is 0 Å². The van der Waals surface area contributed by atoms with Crippen molar-refractivity contribution in [2.45, 2.75) is 13.3 Å². The van der Waals surface area contributed by atoms with Gasteiger partial charge in [0.1, 0.15) is 6.42 Å². The van der Waals surface area contributed by atoms with Crippen molar-refractivity contribution >= 4 is 41.3 Å². The van der Waals surface area contributed by atoms with Gasteiger partial charge in [-0.1, -0.05) is 0 Å². The van der Waals surface area contributed by atoms with Crippen LogP contribution in [0, 0.1) is 11.3 Å². The standard InChI is InChI=1S/C6H7NO3.Na.H/c1-2-10-6(9)5(8)3-4-7;;/h2-3H2,1H3;;. The van der Waals surface area contributed by atoms with Crippen molar-refractivity contribution in [2.75, 3.05) is 6.61 Å². The van der Waals surface area contributed by atoms with Gasteiger partial charge in [-0.2, -0.15) is 5.26 Å². The fourth-order valence-corrected chi connectivity index (χ4v) is 0.356. The molecule has 0 aromatic carbocycles. The van der Waals surface area contributed by atoms with Gasteiger partial charge in [0.05, 0.1) is 12.7 Å². The van der Waals surface area contributed by atoms with E-state index >= 15 is 0 Å².